The summed E-state index contributed by atoms with van der Waals surface area (Å²) >= 11 is 0. The number of alkyl carbamates (subject to hydrolysis) is 1. The summed E-state index contributed by atoms with van der Waals surface area (Å²) in [5, 5.41) is 11.0. The van der Waals surface area contributed by atoms with Crippen LogP contribution in [-0.2, 0) is 14.3 Å². The third-order valence-corrected chi connectivity index (χ3v) is 2.24. The van der Waals surface area contributed by atoms with Crippen LogP contribution in [0.4, 0.5) is 4.79 Å². The van der Waals surface area contributed by atoms with Crippen LogP contribution in [0.5, 0.6) is 0 Å². The summed E-state index contributed by atoms with van der Waals surface area (Å²) < 4.78 is 9.70. The number of amides is 1. The van der Waals surface area contributed by atoms with Gasteiger partial charge in [-0.05, 0) is 26.2 Å². The van der Waals surface area contributed by atoms with E-state index in [1.54, 1.807) is 6.92 Å². The van der Waals surface area contributed by atoms with Crippen molar-refractivity contribution in [3.05, 3.63) is 12.2 Å². The number of hydrogen-bond acceptors (Lipinski definition) is 5. The molecule has 0 aliphatic heterocycles. The first-order chi connectivity index (χ1) is 9.07. The van der Waals surface area contributed by atoms with Crippen molar-refractivity contribution < 1.29 is 24.2 Å². The zero-order chi connectivity index (χ0) is 14.5. The van der Waals surface area contributed by atoms with Crippen molar-refractivity contribution in [2.24, 2.45) is 0 Å². The van der Waals surface area contributed by atoms with E-state index in [0.29, 0.717) is 12.2 Å². The Morgan fingerprint density at radius 2 is 1.79 bits per heavy atom. The van der Waals surface area contributed by atoms with Crippen molar-refractivity contribution in [3.8, 4) is 0 Å². The summed E-state index contributed by atoms with van der Waals surface area (Å²) in [7, 11) is 0. The smallest absolute Gasteiger partial charge is 0.407 e. The molecule has 0 fully saturated rings. The second-order valence-corrected chi connectivity index (χ2v) is 4.12. The van der Waals surface area contributed by atoms with Gasteiger partial charge in [0.1, 0.15) is 6.61 Å². The van der Waals surface area contributed by atoms with Crippen molar-refractivity contribution in [2.45, 2.75) is 32.6 Å². The number of aliphatic hydroxyl groups excluding tert-OH is 1. The molecule has 0 saturated carbocycles. The van der Waals surface area contributed by atoms with E-state index in [-0.39, 0.29) is 19.8 Å². The summed E-state index contributed by atoms with van der Waals surface area (Å²) in [6, 6.07) is 0. The van der Waals surface area contributed by atoms with Crippen LogP contribution in [0.3, 0.4) is 0 Å². The predicted octanol–water partition coefficient (Wildman–Crippen LogP) is 1.38. The molecule has 6 nitrogen and oxygen atoms in total. The summed E-state index contributed by atoms with van der Waals surface area (Å²) in [5.41, 5.74) is 0.324. The number of esters is 1. The molecule has 0 aliphatic rings. The number of ether oxygens (including phenoxy) is 2. The van der Waals surface area contributed by atoms with Gasteiger partial charge in [-0.1, -0.05) is 13.0 Å². The largest absolute Gasteiger partial charge is 0.460 e. The molecule has 0 aromatic rings. The molecule has 0 heterocycles. The zero-order valence-corrected chi connectivity index (χ0v) is 11.4. The minimum atomic E-state index is -0.520. The third kappa shape index (κ3) is 11.3. The molecule has 0 aromatic carbocycles. The standard InChI is InChI=1S/C13H23NO5/c1-11(2)12(16)18-10-7-14-13(17)19-9-6-4-3-5-8-15/h15H,1,3-10H2,2H3,(H,14,17). The monoisotopic (exact) mass is 273 g/mol. The summed E-state index contributed by atoms with van der Waals surface area (Å²) in [4.78, 5) is 22.2. The van der Waals surface area contributed by atoms with Crippen LogP contribution >= 0.6 is 0 Å². The van der Waals surface area contributed by atoms with E-state index in [4.69, 9.17) is 14.6 Å². The number of carbonyl (C=O) groups is 2. The van der Waals surface area contributed by atoms with Crippen molar-refractivity contribution in [3.63, 3.8) is 0 Å². The lowest BCUT2D eigenvalue weighted by Gasteiger charge is -2.07. The Bertz CT molecular complexity index is 291. The Morgan fingerprint density at radius 1 is 1.11 bits per heavy atom. The first-order valence-corrected chi connectivity index (χ1v) is 6.42. The maximum atomic E-state index is 11.2. The Kier molecular flexibility index (Phi) is 10.6. The molecule has 2 N–H and O–H groups in total. The van der Waals surface area contributed by atoms with Gasteiger partial charge in [0, 0.05) is 12.2 Å². The van der Waals surface area contributed by atoms with Crippen LogP contribution in [0.1, 0.15) is 32.6 Å². The second kappa shape index (κ2) is 11.5. The van der Waals surface area contributed by atoms with E-state index < -0.39 is 12.1 Å². The molecule has 110 valence electrons. The molecule has 19 heavy (non-hydrogen) atoms. The fraction of sp³-hybridized carbons (Fsp3) is 0.692. The lowest BCUT2D eigenvalue weighted by atomic mass is 10.2. The zero-order valence-electron chi connectivity index (χ0n) is 11.4. The molecule has 0 radical (unpaired) electrons. The van der Waals surface area contributed by atoms with E-state index in [9.17, 15) is 9.59 Å². The van der Waals surface area contributed by atoms with Crippen LogP contribution < -0.4 is 5.32 Å². The Morgan fingerprint density at radius 3 is 2.42 bits per heavy atom. The normalized spacial score (nSPS) is 9.79. The van der Waals surface area contributed by atoms with Gasteiger partial charge in [0.2, 0.25) is 0 Å². The van der Waals surface area contributed by atoms with Crippen LogP contribution in [0.2, 0.25) is 0 Å². The third-order valence-electron chi connectivity index (χ3n) is 2.24. The van der Waals surface area contributed by atoms with Gasteiger partial charge in [-0.2, -0.15) is 0 Å². The Labute approximate surface area is 113 Å². The van der Waals surface area contributed by atoms with Crippen molar-refractivity contribution in [1.82, 2.24) is 5.32 Å². The van der Waals surface area contributed by atoms with Gasteiger partial charge in [0.05, 0.1) is 13.2 Å². The predicted molar refractivity (Wildman–Crippen MR) is 70.7 cm³/mol. The summed E-state index contributed by atoms with van der Waals surface area (Å²) in [6.07, 6.45) is 2.88. The number of carbonyl (C=O) groups excluding carboxylic acids is 2. The van der Waals surface area contributed by atoms with Gasteiger partial charge in [-0.25, -0.2) is 9.59 Å². The molecule has 0 rings (SSSR count). The average Bonchev–Trinajstić information content (AvgIpc) is 2.38. The van der Waals surface area contributed by atoms with Gasteiger partial charge in [-0.3, -0.25) is 0 Å². The highest BCUT2D eigenvalue weighted by Gasteiger charge is 2.04. The molecule has 1 amide bonds. The number of hydrogen-bond donors (Lipinski definition) is 2. The van der Waals surface area contributed by atoms with Crippen LogP contribution in [0.25, 0.3) is 0 Å². The van der Waals surface area contributed by atoms with E-state index in [1.807, 2.05) is 0 Å². The van der Waals surface area contributed by atoms with Crippen molar-refractivity contribution in [1.29, 1.82) is 0 Å². The van der Waals surface area contributed by atoms with Crippen molar-refractivity contribution >= 4 is 12.1 Å². The van der Waals surface area contributed by atoms with Gasteiger partial charge in [-0.15, -0.1) is 0 Å². The molecule has 0 spiro atoms. The SMILES string of the molecule is C=C(C)C(=O)OCCNC(=O)OCCCCCCO. The average molecular weight is 273 g/mol. The highest BCUT2D eigenvalue weighted by molar-refractivity contribution is 5.86. The molecule has 0 atom stereocenters. The molecule has 0 aromatic heterocycles. The molecule has 0 unspecified atom stereocenters. The number of aliphatic hydroxyl groups is 1. The van der Waals surface area contributed by atoms with Crippen LogP contribution in [0.15, 0.2) is 12.2 Å². The Hall–Kier alpha value is -1.56. The topological polar surface area (TPSA) is 84.9 Å². The number of nitrogens with one attached hydrogen (secondary N) is 1. The molecule has 0 aliphatic carbocycles. The molecular formula is C13H23NO5. The van der Waals surface area contributed by atoms with E-state index in [0.717, 1.165) is 25.7 Å². The van der Waals surface area contributed by atoms with E-state index >= 15 is 0 Å². The maximum Gasteiger partial charge on any atom is 0.407 e. The lowest BCUT2D eigenvalue weighted by Crippen LogP contribution is -2.29. The van der Waals surface area contributed by atoms with Gasteiger partial charge in [0.15, 0.2) is 0 Å². The minimum Gasteiger partial charge on any atom is -0.460 e. The van der Waals surface area contributed by atoms with Crippen LogP contribution in [-0.4, -0.2) is 43.5 Å². The fourth-order valence-electron chi connectivity index (χ4n) is 1.20. The summed E-state index contributed by atoms with van der Waals surface area (Å²) in [6.45, 7) is 5.85. The quantitative estimate of drug-likeness (QED) is 0.357. The highest BCUT2D eigenvalue weighted by Crippen LogP contribution is 1.99. The maximum absolute atomic E-state index is 11.2. The fourth-order valence-corrected chi connectivity index (χ4v) is 1.20. The highest BCUT2D eigenvalue weighted by atomic mass is 16.6. The van der Waals surface area contributed by atoms with Crippen LogP contribution in [0, 0.1) is 0 Å². The van der Waals surface area contributed by atoms with Crippen molar-refractivity contribution in [2.75, 3.05) is 26.4 Å². The van der Waals surface area contributed by atoms with Gasteiger partial charge >= 0.3 is 12.1 Å². The number of rotatable bonds is 10. The first kappa shape index (κ1) is 17.4. The number of unbranched alkanes of at least 4 members (excludes halogenated alkanes) is 3. The summed E-state index contributed by atoms with van der Waals surface area (Å²) in [5.74, 6) is -0.473. The minimum absolute atomic E-state index is 0.0945. The second-order valence-electron chi connectivity index (χ2n) is 4.12. The van der Waals surface area contributed by atoms with Gasteiger partial charge in [0.25, 0.3) is 0 Å². The van der Waals surface area contributed by atoms with E-state index in [1.165, 1.54) is 0 Å². The van der Waals surface area contributed by atoms with Gasteiger partial charge < -0.3 is 19.9 Å². The molecular weight excluding hydrogens is 250 g/mol. The van der Waals surface area contributed by atoms with E-state index in [2.05, 4.69) is 11.9 Å². The first-order valence-electron chi connectivity index (χ1n) is 6.42. The molecule has 0 saturated heterocycles. The molecule has 6 heteroatoms. The lowest BCUT2D eigenvalue weighted by molar-refractivity contribution is -0.138. The Balaban J connectivity index is 3.35. The molecule has 0 bridgehead atoms.